The van der Waals surface area contributed by atoms with Gasteiger partial charge in [0.1, 0.15) is 6.61 Å². The third kappa shape index (κ3) is 3.27. The Balaban J connectivity index is 2.86. The third-order valence-corrected chi connectivity index (χ3v) is 1.92. The van der Waals surface area contributed by atoms with Crippen LogP contribution in [0.1, 0.15) is 5.56 Å². The molecule has 0 bridgehead atoms. The van der Waals surface area contributed by atoms with Crippen molar-refractivity contribution in [3.05, 3.63) is 34.2 Å². The van der Waals surface area contributed by atoms with Crippen LogP contribution in [0.4, 0.5) is 11.4 Å². The zero-order chi connectivity index (χ0) is 12.0. The molecule has 0 radical (unpaired) electrons. The third-order valence-electron chi connectivity index (χ3n) is 1.92. The average molecular weight is 220 g/mol. The van der Waals surface area contributed by atoms with Crippen LogP contribution < -0.4 is 5.32 Å². The number of azide groups is 1. The minimum Gasteiger partial charge on any atom is -0.375 e. The van der Waals surface area contributed by atoms with Crippen LogP contribution in [-0.2, 0) is 9.53 Å². The Morgan fingerprint density at radius 1 is 1.62 bits per heavy atom. The fourth-order valence-corrected chi connectivity index (χ4v) is 1.17. The molecule has 0 atom stereocenters. The van der Waals surface area contributed by atoms with Crippen molar-refractivity contribution in [1.82, 2.24) is 0 Å². The van der Waals surface area contributed by atoms with E-state index in [2.05, 4.69) is 20.1 Å². The maximum absolute atomic E-state index is 11.2. The van der Waals surface area contributed by atoms with E-state index in [0.717, 1.165) is 5.56 Å². The first-order valence-electron chi connectivity index (χ1n) is 4.62. The molecule has 0 aliphatic carbocycles. The molecule has 0 aromatic heterocycles. The van der Waals surface area contributed by atoms with Crippen LogP contribution in [0.5, 0.6) is 0 Å². The number of ether oxygens (including phenoxy) is 1. The molecule has 1 N–H and O–H groups in total. The first-order chi connectivity index (χ1) is 7.67. The second-order valence-corrected chi connectivity index (χ2v) is 3.17. The van der Waals surface area contributed by atoms with Gasteiger partial charge in [0.15, 0.2) is 0 Å². The van der Waals surface area contributed by atoms with Gasteiger partial charge in [0, 0.05) is 23.4 Å². The van der Waals surface area contributed by atoms with Crippen LogP contribution >= 0.6 is 0 Å². The largest absolute Gasteiger partial charge is 0.375 e. The van der Waals surface area contributed by atoms with Gasteiger partial charge >= 0.3 is 0 Å². The molecule has 0 saturated heterocycles. The first-order valence-corrected chi connectivity index (χ1v) is 4.62. The molecular weight excluding hydrogens is 208 g/mol. The van der Waals surface area contributed by atoms with Gasteiger partial charge in [0.05, 0.1) is 0 Å². The molecule has 1 rings (SSSR count). The minimum atomic E-state index is -0.252. The number of hydrogen-bond donors (Lipinski definition) is 1. The molecule has 6 heteroatoms. The summed E-state index contributed by atoms with van der Waals surface area (Å²) in [6.07, 6.45) is 0. The highest BCUT2D eigenvalue weighted by molar-refractivity contribution is 5.92. The van der Waals surface area contributed by atoms with Crippen molar-refractivity contribution in [1.29, 1.82) is 0 Å². The molecule has 0 unspecified atom stereocenters. The van der Waals surface area contributed by atoms with Crippen molar-refractivity contribution in [3.63, 3.8) is 0 Å². The highest BCUT2D eigenvalue weighted by Gasteiger charge is 2.03. The van der Waals surface area contributed by atoms with Gasteiger partial charge in [-0.3, -0.25) is 4.79 Å². The second-order valence-electron chi connectivity index (χ2n) is 3.17. The van der Waals surface area contributed by atoms with Gasteiger partial charge in [-0.05, 0) is 30.2 Å². The lowest BCUT2D eigenvalue weighted by atomic mass is 10.2. The Morgan fingerprint density at radius 2 is 2.38 bits per heavy atom. The molecule has 16 heavy (non-hydrogen) atoms. The fourth-order valence-electron chi connectivity index (χ4n) is 1.17. The zero-order valence-corrected chi connectivity index (χ0v) is 9.10. The van der Waals surface area contributed by atoms with Crippen LogP contribution in [0.2, 0.25) is 0 Å². The summed E-state index contributed by atoms with van der Waals surface area (Å²) in [4.78, 5) is 13.9. The van der Waals surface area contributed by atoms with Crippen LogP contribution in [0.15, 0.2) is 23.3 Å². The van der Waals surface area contributed by atoms with Crippen LogP contribution in [0.3, 0.4) is 0 Å². The van der Waals surface area contributed by atoms with Gasteiger partial charge in [-0.15, -0.1) is 0 Å². The number of hydrogen-bond acceptors (Lipinski definition) is 3. The smallest absolute Gasteiger partial charge is 0.250 e. The summed E-state index contributed by atoms with van der Waals surface area (Å²) in [7, 11) is 1.44. The van der Waals surface area contributed by atoms with Crippen molar-refractivity contribution in [3.8, 4) is 0 Å². The van der Waals surface area contributed by atoms with E-state index in [9.17, 15) is 4.79 Å². The summed E-state index contributed by atoms with van der Waals surface area (Å²) in [6, 6.07) is 5.12. The molecule has 1 amide bonds. The van der Waals surface area contributed by atoms with Crippen molar-refractivity contribution >= 4 is 17.3 Å². The van der Waals surface area contributed by atoms with Gasteiger partial charge in [-0.1, -0.05) is 11.2 Å². The van der Waals surface area contributed by atoms with Gasteiger partial charge < -0.3 is 10.1 Å². The number of nitrogens with one attached hydrogen (secondary N) is 1. The average Bonchev–Trinajstić information content (AvgIpc) is 2.24. The number of anilines is 1. The Hall–Kier alpha value is -2.04. The van der Waals surface area contributed by atoms with E-state index in [1.54, 1.807) is 18.2 Å². The molecule has 84 valence electrons. The molecule has 0 aliphatic heterocycles. The summed E-state index contributed by atoms with van der Waals surface area (Å²) in [5.41, 5.74) is 10.3. The highest BCUT2D eigenvalue weighted by Crippen LogP contribution is 2.23. The van der Waals surface area contributed by atoms with E-state index in [1.807, 2.05) is 6.92 Å². The maximum atomic E-state index is 11.2. The number of amides is 1. The summed E-state index contributed by atoms with van der Waals surface area (Å²) in [5.74, 6) is -0.252. The summed E-state index contributed by atoms with van der Waals surface area (Å²) in [6.45, 7) is 1.81. The lowest BCUT2D eigenvalue weighted by Crippen LogP contribution is -2.16. The van der Waals surface area contributed by atoms with E-state index >= 15 is 0 Å². The molecular formula is C10H12N4O2. The number of carbonyl (C=O) groups is 1. The van der Waals surface area contributed by atoms with Gasteiger partial charge in [-0.2, -0.15) is 0 Å². The second kappa shape index (κ2) is 5.75. The quantitative estimate of drug-likeness (QED) is 0.480. The van der Waals surface area contributed by atoms with Crippen LogP contribution in [0, 0.1) is 6.92 Å². The predicted molar refractivity (Wildman–Crippen MR) is 60.5 cm³/mol. The number of methoxy groups -OCH3 is 1. The van der Waals surface area contributed by atoms with E-state index in [1.165, 1.54) is 7.11 Å². The monoisotopic (exact) mass is 220 g/mol. The van der Waals surface area contributed by atoms with Crippen LogP contribution in [0.25, 0.3) is 10.4 Å². The van der Waals surface area contributed by atoms with Crippen molar-refractivity contribution in [2.75, 3.05) is 19.0 Å². The molecule has 6 nitrogen and oxygen atoms in total. The van der Waals surface area contributed by atoms with Gasteiger partial charge in [0.25, 0.3) is 0 Å². The Bertz CT molecular complexity index is 438. The molecule has 1 aromatic carbocycles. The maximum Gasteiger partial charge on any atom is 0.250 e. The van der Waals surface area contributed by atoms with Crippen molar-refractivity contribution in [2.45, 2.75) is 6.92 Å². The first kappa shape index (κ1) is 12.0. The minimum absolute atomic E-state index is 0.00920. The fraction of sp³-hybridized carbons (Fsp3) is 0.300. The Labute approximate surface area is 92.8 Å². The molecule has 0 heterocycles. The number of nitrogens with zero attached hydrogens (tertiary/aromatic N) is 3. The normalized spacial score (nSPS) is 9.38. The number of benzene rings is 1. The van der Waals surface area contributed by atoms with Crippen molar-refractivity contribution in [2.24, 2.45) is 5.11 Å². The van der Waals surface area contributed by atoms with Gasteiger partial charge in [0.2, 0.25) is 5.91 Å². The molecule has 0 aliphatic rings. The Morgan fingerprint density at radius 3 is 3.00 bits per heavy atom. The summed E-state index contributed by atoms with van der Waals surface area (Å²) in [5, 5.41) is 6.14. The van der Waals surface area contributed by atoms with E-state index in [4.69, 9.17) is 5.53 Å². The summed E-state index contributed by atoms with van der Waals surface area (Å²) >= 11 is 0. The van der Waals surface area contributed by atoms with E-state index < -0.39 is 0 Å². The van der Waals surface area contributed by atoms with Crippen molar-refractivity contribution < 1.29 is 9.53 Å². The van der Waals surface area contributed by atoms with Gasteiger partial charge in [-0.25, -0.2) is 0 Å². The lowest BCUT2D eigenvalue weighted by molar-refractivity contribution is -0.119. The molecule has 0 saturated carbocycles. The molecule has 0 spiro atoms. The lowest BCUT2D eigenvalue weighted by Gasteiger charge is -2.06. The highest BCUT2D eigenvalue weighted by atomic mass is 16.5. The number of rotatable bonds is 4. The predicted octanol–water partition coefficient (Wildman–Crippen LogP) is 2.52. The van der Waals surface area contributed by atoms with E-state index in [0.29, 0.717) is 11.4 Å². The summed E-state index contributed by atoms with van der Waals surface area (Å²) < 4.78 is 4.68. The van der Waals surface area contributed by atoms with E-state index in [-0.39, 0.29) is 12.5 Å². The Kier molecular flexibility index (Phi) is 4.32. The SMILES string of the molecule is COCC(=O)Nc1ccc(C)c(N=[N+]=[N-])c1. The zero-order valence-electron chi connectivity index (χ0n) is 9.10. The molecule has 0 fully saturated rings. The van der Waals surface area contributed by atoms with Crippen LogP contribution in [-0.4, -0.2) is 19.6 Å². The molecule has 1 aromatic rings. The number of aryl methyl sites for hydroxylation is 1. The topological polar surface area (TPSA) is 87.1 Å². The standard InChI is InChI=1S/C10H12N4O2/c1-7-3-4-8(5-9(7)13-14-11)12-10(15)6-16-2/h3-5H,6H2,1-2H3,(H,12,15). The number of carbonyl (C=O) groups excluding carboxylic acids is 1.